The zero-order chi connectivity index (χ0) is 4.00. The van der Waals surface area contributed by atoms with Crippen LogP contribution in [0.4, 0.5) is 0 Å². The second-order valence-electron chi connectivity index (χ2n) is 0. The fourth-order valence-corrected chi connectivity index (χ4v) is 0. The molecule has 0 unspecified atom stereocenters. The maximum Gasteiger partial charge on any atom is -0.0776 e. The highest BCUT2D eigenvalue weighted by Crippen LogP contribution is 0.864. The van der Waals surface area contributed by atoms with Gasteiger partial charge in [0.1, 0.15) is 0 Å². The maximum absolute atomic E-state index is 3.00. The number of hydrogen-bond donors (Lipinski definition) is 0. The molecule has 0 aliphatic rings. The lowest BCUT2D eigenvalue weighted by molar-refractivity contribution is 2.50. The van der Waals surface area contributed by atoms with E-state index in [0.717, 1.165) is 0 Å². The van der Waals surface area contributed by atoms with Crippen LogP contribution in [-0.4, -0.2) is 0 Å². The molecular formula is C6H16. The average Bonchev–Trinajstić information content (AvgIpc) is 1.50. The largest absolute Gasteiger partial charge is 0.106 e. The van der Waals surface area contributed by atoms with Gasteiger partial charge in [0.2, 0.25) is 0 Å². The highest BCUT2D eigenvalue weighted by molar-refractivity contribution is 4.22. The van der Waals surface area contributed by atoms with Gasteiger partial charge in [0.25, 0.3) is 0 Å². The number of hydrogen-bond acceptors (Lipinski definition) is 0. The van der Waals surface area contributed by atoms with Crippen LogP contribution >= 0.6 is 0 Å². The fourth-order valence-electron chi connectivity index (χ4n) is 0. The molecule has 0 spiro atoms. The summed E-state index contributed by atoms with van der Waals surface area (Å²) >= 11 is 0. The van der Waals surface area contributed by atoms with Crippen LogP contribution in [0.5, 0.6) is 0 Å². The summed E-state index contributed by atoms with van der Waals surface area (Å²) in [5.74, 6) is 0. The van der Waals surface area contributed by atoms with Gasteiger partial charge in [-0.3, -0.25) is 0 Å². The molecule has 0 radical (unpaired) electrons. The Labute approximate surface area is 42.2 Å². The molecule has 0 N–H and O–H groups in total. The zero-order valence-corrected chi connectivity index (χ0v) is 2.83. The van der Waals surface area contributed by atoms with Crippen LogP contribution in [0.3, 0.4) is 0 Å². The second kappa shape index (κ2) is 201. The molecule has 0 rings (SSSR count). The van der Waals surface area contributed by atoms with Crippen LogP contribution in [0, 0.1) is 0 Å². The van der Waals surface area contributed by atoms with Gasteiger partial charge in [-0.25, -0.2) is 0 Å². The first-order valence-electron chi connectivity index (χ1n) is 1.000. The van der Waals surface area contributed by atoms with E-state index in [1.54, 1.807) is 0 Å². The van der Waals surface area contributed by atoms with Gasteiger partial charge in [0.05, 0.1) is 0 Å². The minimum atomic E-state index is 0. The van der Waals surface area contributed by atoms with E-state index in [0.29, 0.717) is 0 Å². The molecule has 0 heterocycles. The first-order chi connectivity index (χ1) is 2.00. The summed E-state index contributed by atoms with van der Waals surface area (Å²) in [7, 11) is 0. The summed E-state index contributed by atoms with van der Waals surface area (Å²) in [5, 5.41) is 0. The van der Waals surface area contributed by atoms with Crippen molar-refractivity contribution in [2.45, 2.75) is 14.9 Å². The summed E-state index contributed by atoms with van der Waals surface area (Å²) in [6, 6.07) is 0. The molecule has 0 aromatic heterocycles. The van der Waals surface area contributed by atoms with E-state index in [4.69, 9.17) is 0 Å². The molecule has 0 nitrogen and oxygen atoms in total. The van der Waals surface area contributed by atoms with Crippen LogP contribution in [-0.2, 0) is 0 Å². The quantitative estimate of drug-likeness (QED) is 0.399. The highest BCUT2D eigenvalue weighted by Gasteiger charge is 0.603. The summed E-state index contributed by atoms with van der Waals surface area (Å²) in [4.78, 5) is 0. The molecule has 0 saturated heterocycles. The third-order valence-electron chi connectivity index (χ3n) is 0. The van der Waals surface area contributed by atoms with Crippen molar-refractivity contribution < 1.29 is 0 Å². The Morgan fingerprint density at radius 2 is 0.500 bits per heavy atom. The van der Waals surface area contributed by atoms with Crippen LogP contribution in [0.1, 0.15) is 14.9 Å². The van der Waals surface area contributed by atoms with Crippen LogP contribution in [0.25, 0.3) is 0 Å². The standard InChI is InChI=1S/2C2H4.2CH4/c2*1-2;;/h2*1-2H2;2*1H4. The molecule has 0 aliphatic carbocycles. The van der Waals surface area contributed by atoms with Gasteiger partial charge in [-0.15, -0.1) is 26.3 Å². The van der Waals surface area contributed by atoms with Crippen molar-refractivity contribution in [2.24, 2.45) is 0 Å². The summed E-state index contributed by atoms with van der Waals surface area (Å²) < 4.78 is 0. The zero-order valence-electron chi connectivity index (χ0n) is 2.83. The van der Waals surface area contributed by atoms with Crippen molar-refractivity contribution in [2.75, 3.05) is 0 Å². The predicted octanol–water partition coefficient (Wildman–Crippen LogP) is 2.88. The first kappa shape index (κ1) is 50.2. The fraction of sp³-hybridized carbons (Fsp3) is 0.333. The number of rotatable bonds is 0. The van der Waals surface area contributed by atoms with E-state index < -0.39 is 0 Å². The smallest absolute Gasteiger partial charge is 0.0776 e. The molecule has 0 amide bonds. The van der Waals surface area contributed by atoms with E-state index in [9.17, 15) is 0 Å². The molecular weight excluding hydrogens is 72.1 g/mol. The molecule has 0 aromatic carbocycles. The normalized spacial score (nSPS) is 1.33. The van der Waals surface area contributed by atoms with Crippen LogP contribution in [0.15, 0.2) is 26.3 Å². The Balaban J connectivity index is -0.00000000500. The van der Waals surface area contributed by atoms with E-state index >= 15 is 0 Å². The Morgan fingerprint density at radius 3 is 0.500 bits per heavy atom. The molecule has 40 valence electrons. The van der Waals surface area contributed by atoms with Gasteiger partial charge < -0.3 is 0 Å². The Kier molecular flexibility index (Phi) is 1680. The minimum absolute atomic E-state index is 0. The molecule has 0 heteroatoms. The first-order valence-corrected chi connectivity index (χ1v) is 1.000. The third-order valence-corrected chi connectivity index (χ3v) is 0. The van der Waals surface area contributed by atoms with E-state index in [1.807, 2.05) is 0 Å². The molecule has 0 fully saturated rings. The monoisotopic (exact) mass is 88.1 g/mol. The van der Waals surface area contributed by atoms with Gasteiger partial charge in [-0.05, 0) is 0 Å². The Bertz CT molecular complexity index is 2.00. The van der Waals surface area contributed by atoms with E-state index in [-0.39, 0.29) is 14.9 Å². The maximum atomic E-state index is 3.00. The van der Waals surface area contributed by atoms with E-state index in [2.05, 4.69) is 26.3 Å². The van der Waals surface area contributed by atoms with Crippen LogP contribution < -0.4 is 0 Å². The molecule has 0 atom stereocenters. The van der Waals surface area contributed by atoms with Gasteiger partial charge >= 0.3 is 0 Å². The summed E-state index contributed by atoms with van der Waals surface area (Å²) in [6.45, 7) is 12.0. The molecule has 0 bridgehead atoms. The van der Waals surface area contributed by atoms with Gasteiger partial charge in [0.15, 0.2) is 0 Å². The van der Waals surface area contributed by atoms with Gasteiger partial charge in [0, 0.05) is 0 Å². The predicted molar refractivity (Wildman–Crippen MR) is 36.0 cm³/mol. The molecule has 0 aliphatic heterocycles. The summed E-state index contributed by atoms with van der Waals surface area (Å²) in [5.41, 5.74) is 0. The SMILES string of the molecule is C.C.C=C.C=C. The summed E-state index contributed by atoms with van der Waals surface area (Å²) in [6.07, 6.45) is 0. The van der Waals surface area contributed by atoms with Crippen molar-refractivity contribution in [3.63, 3.8) is 0 Å². The lowest BCUT2D eigenvalue weighted by Gasteiger charge is -0.813. The Morgan fingerprint density at radius 1 is 0.500 bits per heavy atom. The third kappa shape index (κ3) is 79.2. The molecule has 6 heavy (non-hydrogen) atoms. The van der Waals surface area contributed by atoms with Crippen LogP contribution in [0.2, 0.25) is 0 Å². The highest BCUT2D eigenvalue weighted by atomic mass is 12.7. The average molecular weight is 88.2 g/mol. The van der Waals surface area contributed by atoms with Gasteiger partial charge in [-0.2, -0.15) is 0 Å². The van der Waals surface area contributed by atoms with E-state index in [1.165, 1.54) is 0 Å². The molecule has 0 aromatic rings. The van der Waals surface area contributed by atoms with Crippen molar-refractivity contribution in [1.29, 1.82) is 0 Å². The van der Waals surface area contributed by atoms with Gasteiger partial charge in [-0.1, -0.05) is 14.9 Å². The van der Waals surface area contributed by atoms with Crippen molar-refractivity contribution in [1.82, 2.24) is 0 Å². The lowest BCUT2D eigenvalue weighted by atomic mass is 11.3. The van der Waals surface area contributed by atoms with Crippen molar-refractivity contribution >= 4 is 0 Å². The second-order valence-corrected chi connectivity index (χ2v) is 0. The topological polar surface area (TPSA) is 0 Å². The Hall–Kier alpha value is -0.520. The lowest BCUT2D eigenvalue weighted by Crippen LogP contribution is -0.552. The van der Waals surface area contributed by atoms with Crippen molar-refractivity contribution in [3.8, 4) is 0 Å². The minimum Gasteiger partial charge on any atom is -0.106 e. The molecule has 0 saturated carbocycles. The van der Waals surface area contributed by atoms with Crippen molar-refractivity contribution in [3.05, 3.63) is 26.3 Å².